The molecule has 15 heavy (non-hydrogen) atoms. The molecule has 1 heteroatoms. The molecule has 78 valence electrons. The lowest BCUT2D eigenvalue weighted by Crippen LogP contribution is -2.09. The molecule has 2 aromatic rings. The van der Waals surface area contributed by atoms with E-state index in [-0.39, 0.29) is 6.10 Å². The number of hydrogen-bond donors (Lipinski definition) is 0. The number of fused-ring (bicyclic) bond motifs is 1. The summed E-state index contributed by atoms with van der Waals surface area (Å²) >= 11 is 0. The highest BCUT2D eigenvalue weighted by Crippen LogP contribution is 2.26. The molecule has 1 atom stereocenters. The zero-order valence-electron chi connectivity index (χ0n) is 9.23. The van der Waals surface area contributed by atoms with E-state index in [9.17, 15) is 0 Å². The average Bonchev–Trinajstić information content (AvgIpc) is 2.29. The van der Waals surface area contributed by atoms with Crippen LogP contribution < -0.4 is 4.74 Å². The van der Waals surface area contributed by atoms with Crippen molar-refractivity contribution in [2.75, 3.05) is 0 Å². The van der Waals surface area contributed by atoms with Gasteiger partial charge in [-0.1, -0.05) is 43.3 Å². The van der Waals surface area contributed by atoms with Crippen molar-refractivity contribution in [1.29, 1.82) is 0 Å². The Balaban J connectivity index is 2.42. The van der Waals surface area contributed by atoms with Crippen LogP contribution in [0.15, 0.2) is 42.5 Å². The predicted molar refractivity (Wildman–Crippen MR) is 64.3 cm³/mol. The molecule has 0 aliphatic rings. The second-order valence-corrected chi connectivity index (χ2v) is 3.81. The van der Waals surface area contributed by atoms with Crippen LogP contribution in [0.4, 0.5) is 0 Å². The van der Waals surface area contributed by atoms with Crippen LogP contribution in [0.2, 0.25) is 0 Å². The summed E-state index contributed by atoms with van der Waals surface area (Å²) < 4.78 is 5.88. The molecule has 0 heterocycles. The van der Waals surface area contributed by atoms with Gasteiger partial charge in [0.1, 0.15) is 5.75 Å². The molecule has 0 bridgehead atoms. The lowest BCUT2D eigenvalue weighted by Gasteiger charge is -2.14. The lowest BCUT2D eigenvalue weighted by molar-refractivity contribution is 0.220. The molecule has 0 spiro atoms. The van der Waals surface area contributed by atoms with Gasteiger partial charge in [-0.15, -0.1) is 0 Å². The third kappa shape index (κ3) is 2.12. The molecule has 0 saturated heterocycles. The second kappa shape index (κ2) is 4.35. The molecule has 0 aromatic heterocycles. The van der Waals surface area contributed by atoms with Crippen molar-refractivity contribution in [3.05, 3.63) is 42.5 Å². The van der Waals surface area contributed by atoms with Gasteiger partial charge in [0.15, 0.2) is 0 Å². The van der Waals surface area contributed by atoms with Crippen LogP contribution in [0.25, 0.3) is 10.8 Å². The fourth-order valence-corrected chi connectivity index (χ4v) is 1.60. The fourth-order valence-electron chi connectivity index (χ4n) is 1.60. The third-order valence-corrected chi connectivity index (χ3v) is 2.65. The monoisotopic (exact) mass is 200 g/mol. The van der Waals surface area contributed by atoms with Crippen LogP contribution in [0.3, 0.4) is 0 Å². The van der Waals surface area contributed by atoms with Gasteiger partial charge >= 0.3 is 0 Å². The van der Waals surface area contributed by atoms with Crippen LogP contribution in [0.5, 0.6) is 5.75 Å². The SMILES string of the molecule is CC[C@H](C)Oc1cccc2ccccc12. The minimum Gasteiger partial charge on any atom is -0.490 e. The molecule has 0 amide bonds. The van der Waals surface area contributed by atoms with Gasteiger partial charge in [-0.2, -0.15) is 0 Å². The lowest BCUT2D eigenvalue weighted by atomic mass is 10.1. The number of rotatable bonds is 3. The maximum atomic E-state index is 5.88. The van der Waals surface area contributed by atoms with E-state index >= 15 is 0 Å². The largest absolute Gasteiger partial charge is 0.490 e. The summed E-state index contributed by atoms with van der Waals surface area (Å²) in [4.78, 5) is 0. The molecule has 1 nitrogen and oxygen atoms in total. The predicted octanol–water partition coefficient (Wildman–Crippen LogP) is 4.02. The molecule has 2 aromatic carbocycles. The minimum absolute atomic E-state index is 0.274. The van der Waals surface area contributed by atoms with E-state index < -0.39 is 0 Å². The van der Waals surface area contributed by atoms with E-state index in [2.05, 4.69) is 38.1 Å². The summed E-state index contributed by atoms with van der Waals surface area (Å²) in [5, 5.41) is 2.43. The van der Waals surface area contributed by atoms with E-state index in [0.717, 1.165) is 12.2 Å². The Labute approximate surface area is 90.7 Å². The summed E-state index contributed by atoms with van der Waals surface area (Å²) in [6.07, 6.45) is 1.30. The summed E-state index contributed by atoms with van der Waals surface area (Å²) in [5.41, 5.74) is 0. The number of benzene rings is 2. The first-order valence-electron chi connectivity index (χ1n) is 5.45. The Morgan fingerprint density at radius 2 is 1.80 bits per heavy atom. The van der Waals surface area contributed by atoms with Crippen LogP contribution in [-0.4, -0.2) is 6.10 Å². The minimum atomic E-state index is 0.274. The standard InChI is InChI=1S/C14H16O/c1-3-11(2)15-14-10-6-8-12-7-4-5-9-13(12)14/h4-11H,3H2,1-2H3/t11-/m0/s1. The normalized spacial score (nSPS) is 12.7. The van der Waals surface area contributed by atoms with Crippen molar-refractivity contribution in [2.24, 2.45) is 0 Å². The Morgan fingerprint density at radius 3 is 2.60 bits per heavy atom. The van der Waals surface area contributed by atoms with Crippen molar-refractivity contribution in [1.82, 2.24) is 0 Å². The molecule has 0 unspecified atom stereocenters. The van der Waals surface area contributed by atoms with Gasteiger partial charge in [0.05, 0.1) is 6.10 Å². The first-order valence-corrected chi connectivity index (χ1v) is 5.45. The van der Waals surface area contributed by atoms with Gasteiger partial charge in [0.2, 0.25) is 0 Å². The van der Waals surface area contributed by atoms with Gasteiger partial charge in [-0.05, 0) is 24.8 Å². The van der Waals surface area contributed by atoms with Crippen molar-refractivity contribution in [3.8, 4) is 5.75 Å². The highest BCUT2D eigenvalue weighted by molar-refractivity contribution is 5.88. The smallest absolute Gasteiger partial charge is 0.127 e. The molecule has 0 saturated carbocycles. The van der Waals surface area contributed by atoms with Crippen molar-refractivity contribution < 1.29 is 4.74 Å². The van der Waals surface area contributed by atoms with Gasteiger partial charge in [0.25, 0.3) is 0 Å². The van der Waals surface area contributed by atoms with Crippen LogP contribution >= 0.6 is 0 Å². The Kier molecular flexibility index (Phi) is 2.91. The van der Waals surface area contributed by atoms with E-state index in [4.69, 9.17) is 4.74 Å². The Morgan fingerprint density at radius 1 is 1.07 bits per heavy atom. The maximum Gasteiger partial charge on any atom is 0.127 e. The molecule has 0 N–H and O–H groups in total. The second-order valence-electron chi connectivity index (χ2n) is 3.81. The first-order chi connectivity index (χ1) is 7.31. The highest BCUT2D eigenvalue weighted by atomic mass is 16.5. The molecule has 2 rings (SSSR count). The average molecular weight is 200 g/mol. The highest BCUT2D eigenvalue weighted by Gasteiger charge is 2.04. The molecule has 0 aliphatic heterocycles. The molecule has 0 aliphatic carbocycles. The van der Waals surface area contributed by atoms with Gasteiger partial charge < -0.3 is 4.74 Å². The molecule has 0 radical (unpaired) electrons. The fraction of sp³-hybridized carbons (Fsp3) is 0.286. The van der Waals surface area contributed by atoms with Crippen molar-refractivity contribution in [3.63, 3.8) is 0 Å². The summed E-state index contributed by atoms with van der Waals surface area (Å²) in [7, 11) is 0. The van der Waals surface area contributed by atoms with Crippen LogP contribution in [-0.2, 0) is 0 Å². The zero-order valence-corrected chi connectivity index (χ0v) is 9.23. The van der Waals surface area contributed by atoms with Gasteiger partial charge in [-0.25, -0.2) is 0 Å². The van der Waals surface area contributed by atoms with E-state index in [1.165, 1.54) is 10.8 Å². The summed E-state index contributed by atoms with van der Waals surface area (Å²) in [5.74, 6) is 0.988. The topological polar surface area (TPSA) is 9.23 Å². The summed E-state index contributed by atoms with van der Waals surface area (Å²) in [6.45, 7) is 4.23. The van der Waals surface area contributed by atoms with E-state index in [0.29, 0.717) is 0 Å². The Bertz CT molecular complexity index is 443. The number of hydrogen-bond acceptors (Lipinski definition) is 1. The third-order valence-electron chi connectivity index (χ3n) is 2.65. The Hall–Kier alpha value is -1.50. The zero-order chi connectivity index (χ0) is 10.7. The van der Waals surface area contributed by atoms with Crippen molar-refractivity contribution in [2.45, 2.75) is 26.4 Å². The van der Waals surface area contributed by atoms with E-state index in [1.807, 2.05) is 18.2 Å². The molecular formula is C14H16O. The van der Waals surface area contributed by atoms with Crippen molar-refractivity contribution >= 4 is 10.8 Å². The van der Waals surface area contributed by atoms with Gasteiger partial charge in [-0.3, -0.25) is 0 Å². The maximum absolute atomic E-state index is 5.88. The van der Waals surface area contributed by atoms with E-state index in [1.54, 1.807) is 0 Å². The van der Waals surface area contributed by atoms with Crippen LogP contribution in [0, 0.1) is 0 Å². The number of ether oxygens (including phenoxy) is 1. The molecule has 0 fully saturated rings. The molecular weight excluding hydrogens is 184 g/mol. The van der Waals surface area contributed by atoms with Gasteiger partial charge in [0, 0.05) is 5.39 Å². The quantitative estimate of drug-likeness (QED) is 0.727. The summed E-state index contributed by atoms with van der Waals surface area (Å²) in [6, 6.07) is 14.5. The first kappa shape index (κ1) is 10.0. The van der Waals surface area contributed by atoms with Crippen LogP contribution in [0.1, 0.15) is 20.3 Å².